The summed E-state index contributed by atoms with van der Waals surface area (Å²) in [6.45, 7) is 0. The third-order valence-electron chi connectivity index (χ3n) is 2.21. The molecule has 2 rings (SSSR count). The van der Waals surface area contributed by atoms with Gasteiger partial charge in [-0.1, -0.05) is 28.1 Å². The van der Waals surface area contributed by atoms with Crippen molar-refractivity contribution in [2.45, 2.75) is 0 Å². The molecule has 0 bridgehead atoms. The lowest BCUT2D eigenvalue weighted by Crippen LogP contribution is -1.95. The van der Waals surface area contributed by atoms with E-state index in [1.54, 1.807) is 18.2 Å². The van der Waals surface area contributed by atoms with E-state index in [1.807, 2.05) is 30.3 Å². The number of hydrogen-bond donors (Lipinski definition) is 1. The molecule has 3 nitrogen and oxygen atoms in total. The number of ether oxygens (including phenoxy) is 1. The highest BCUT2D eigenvalue weighted by molar-refractivity contribution is 9.10. The molecule has 17 heavy (non-hydrogen) atoms. The molecule has 2 N–H and O–H groups in total. The molecule has 2 aromatic rings. The second kappa shape index (κ2) is 4.89. The van der Waals surface area contributed by atoms with Gasteiger partial charge in [0.05, 0.1) is 11.3 Å². The number of halogens is 1. The van der Waals surface area contributed by atoms with Gasteiger partial charge in [0.2, 0.25) is 0 Å². The van der Waals surface area contributed by atoms with E-state index in [1.165, 1.54) is 0 Å². The van der Waals surface area contributed by atoms with Gasteiger partial charge >= 0.3 is 0 Å². The van der Waals surface area contributed by atoms with E-state index >= 15 is 0 Å². The Morgan fingerprint density at radius 1 is 1.18 bits per heavy atom. The van der Waals surface area contributed by atoms with Crippen molar-refractivity contribution in [2.24, 2.45) is 0 Å². The summed E-state index contributed by atoms with van der Waals surface area (Å²) in [5, 5.41) is 8.86. The number of rotatable bonds is 2. The van der Waals surface area contributed by atoms with Gasteiger partial charge in [0.25, 0.3) is 0 Å². The van der Waals surface area contributed by atoms with Crippen molar-refractivity contribution < 1.29 is 4.74 Å². The summed E-state index contributed by atoms with van der Waals surface area (Å²) in [5.74, 6) is 1.16. The second-order valence-electron chi connectivity index (χ2n) is 3.39. The van der Waals surface area contributed by atoms with Crippen LogP contribution >= 0.6 is 15.9 Å². The van der Waals surface area contributed by atoms with E-state index in [0.29, 0.717) is 22.7 Å². The van der Waals surface area contributed by atoms with Crippen molar-refractivity contribution in [3.8, 4) is 17.6 Å². The number of nitrogens with two attached hydrogens (primary N) is 1. The average Bonchev–Trinajstić information content (AvgIpc) is 2.32. The number of nitrogen functional groups attached to an aromatic ring is 1. The number of hydrogen-bond acceptors (Lipinski definition) is 3. The van der Waals surface area contributed by atoms with E-state index in [9.17, 15) is 0 Å². The van der Waals surface area contributed by atoms with Crippen molar-refractivity contribution in [1.82, 2.24) is 0 Å². The topological polar surface area (TPSA) is 59.0 Å². The normalized spacial score (nSPS) is 9.65. The van der Waals surface area contributed by atoms with Gasteiger partial charge < -0.3 is 10.5 Å². The molecule has 0 saturated carbocycles. The van der Waals surface area contributed by atoms with Gasteiger partial charge in [-0.2, -0.15) is 5.26 Å². The largest absolute Gasteiger partial charge is 0.455 e. The van der Waals surface area contributed by atoms with Crippen LogP contribution in [-0.4, -0.2) is 0 Å². The number of nitrogens with zero attached hydrogens (tertiary/aromatic N) is 1. The molecule has 2 aromatic carbocycles. The Kier molecular flexibility index (Phi) is 3.31. The Hall–Kier alpha value is -1.99. The Morgan fingerprint density at radius 2 is 1.94 bits per heavy atom. The van der Waals surface area contributed by atoms with Crippen LogP contribution in [0.4, 0.5) is 5.69 Å². The average molecular weight is 289 g/mol. The first kappa shape index (κ1) is 11.5. The molecular formula is C13H9BrN2O. The van der Waals surface area contributed by atoms with E-state index in [4.69, 9.17) is 15.7 Å². The van der Waals surface area contributed by atoms with Gasteiger partial charge in [0, 0.05) is 4.47 Å². The molecule has 0 fully saturated rings. The summed E-state index contributed by atoms with van der Waals surface area (Å²) in [7, 11) is 0. The van der Waals surface area contributed by atoms with Crippen LogP contribution in [0.3, 0.4) is 0 Å². The number of para-hydroxylation sites is 1. The minimum Gasteiger partial charge on any atom is -0.455 e. The highest BCUT2D eigenvalue weighted by Gasteiger charge is 2.06. The molecule has 0 unspecified atom stereocenters. The van der Waals surface area contributed by atoms with Crippen molar-refractivity contribution in [2.75, 3.05) is 5.73 Å². The van der Waals surface area contributed by atoms with E-state index in [0.717, 1.165) is 4.47 Å². The number of anilines is 1. The van der Waals surface area contributed by atoms with Crippen molar-refractivity contribution in [3.63, 3.8) is 0 Å². The van der Waals surface area contributed by atoms with Crippen LogP contribution in [0.5, 0.6) is 11.5 Å². The molecule has 0 atom stereocenters. The molecule has 0 aliphatic heterocycles. The number of benzene rings is 2. The van der Waals surface area contributed by atoms with Gasteiger partial charge in [-0.25, -0.2) is 0 Å². The Balaban J connectivity index is 2.34. The van der Waals surface area contributed by atoms with Gasteiger partial charge in [-0.15, -0.1) is 0 Å². The Morgan fingerprint density at radius 3 is 2.65 bits per heavy atom. The van der Waals surface area contributed by atoms with Gasteiger partial charge in [-0.05, 0) is 30.3 Å². The summed E-state index contributed by atoms with van der Waals surface area (Å²) in [5.41, 5.74) is 6.59. The van der Waals surface area contributed by atoms with Crippen LogP contribution in [-0.2, 0) is 0 Å². The van der Waals surface area contributed by atoms with E-state index in [-0.39, 0.29) is 0 Å². The lowest BCUT2D eigenvalue weighted by molar-refractivity contribution is 0.484. The predicted octanol–water partition coefficient (Wildman–Crippen LogP) is 3.70. The third-order valence-corrected chi connectivity index (χ3v) is 2.70. The maximum atomic E-state index is 8.86. The first-order valence-electron chi connectivity index (χ1n) is 4.92. The van der Waals surface area contributed by atoms with Crippen molar-refractivity contribution in [3.05, 3.63) is 52.5 Å². The molecule has 0 aliphatic rings. The highest BCUT2D eigenvalue weighted by Crippen LogP contribution is 2.30. The first-order chi connectivity index (χ1) is 8.20. The fourth-order valence-electron chi connectivity index (χ4n) is 1.39. The van der Waals surface area contributed by atoms with Gasteiger partial charge in [0.1, 0.15) is 11.8 Å². The Labute approximate surface area is 108 Å². The van der Waals surface area contributed by atoms with Crippen LogP contribution in [0, 0.1) is 11.3 Å². The molecule has 0 aromatic heterocycles. The molecule has 0 heterocycles. The summed E-state index contributed by atoms with van der Waals surface area (Å²) >= 11 is 3.36. The SMILES string of the molecule is N#Cc1cccc(Oc2cccc(Br)c2)c1N. The second-order valence-corrected chi connectivity index (χ2v) is 4.30. The molecular weight excluding hydrogens is 280 g/mol. The molecule has 0 spiro atoms. The Bertz CT molecular complexity index is 590. The lowest BCUT2D eigenvalue weighted by atomic mass is 10.2. The summed E-state index contributed by atoms with van der Waals surface area (Å²) in [6.07, 6.45) is 0. The zero-order chi connectivity index (χ0) is 12.3. The highest BCUT2D eigenvalue weighted by atomic mass is 79.9. The maximum absolute atomic E-state index is 8.86. The minimum atomic E-state index is 0.356. The monoisotopic (exact) mass is 288 g/mol. The summed E-state index contributed by atoms with van der Waals surface area (Å²) in [4.78, 5) is 0. The molecule has 0 amide bonds. The van der Waals surface area contributed by atoms with E-state index < -0.39 is 0 Å². The molecule has 84 valence electrons. The minimum absolute atomic E-state index is 0.356. The van der Waals surface area contributed by atoms with Crippen LogP contribution in [0.2, 0.25) is 0 Å². The van der Waals surface area contributed by atoms with E-state index in [2.05, 4.69) is 15.9 Å². The predicted molar refractivity (Wildman–Crippen MR) is 69.8 cm³/mol. The van der Waals surface area contributed by atoms with Crippen LogP contribution in [0.15, 0.2) is 46.9 Å². The zero-order valence-corrected chi connectivity index (χ0v) is 10.4. The molecule has 0 radical (unpaired) electrons. The maximum Gasteiger partial charge on any atom is 0.151 e. The molecule has 0 saturated heterocycles. The van der Waals surface area contributed by atoms with Crippen LogP contribution in [0.1, 0.15) is 5.56 Å². The van der Waals surface area contributed by atoms with Crippen molar-refractivity contribution in [1.29, 1.82) is 5.26 Å². The zero-order valence-electron chi connectivity index (χ0n) is 8.85. The summed E-state index contributed by atoms with van der Waals surface area (Å²) in [6, 6.07) is 14.6. The van der Waals surface area contributed by atoms with Crippen LogP contribution in [0.25, 0.3) is 0 Å². The summed E-state index contributed by atoms with van der Waals surface area (Å²) < 4.78 is 6.55. The fourth-order valence-corrected chi connectivity index (χ4v) is 1.77. The smallest absolute Gasteiger partial charge is 0.151 e. The standard InChI is InChI=1S/C13H9BrN2O/c14-10-4-2-5-11(7-10)17-12-6-1-3-9(8-15)13(12)16/h1-7H,16H2. The van der Waals surface area contributed by atoms with Gasteiger partial charge in [-0.3, -0.25) is 0 Å². The van der Waals surface area contributed by atoms with Crippen LogP contribution < -0.4 is 10.5 Å². The first-order valence-corrected chi connectivity index (χ1v) is 5.72. The van der Waals surface area contributed by atoms with Gasteiger partial charge in [0.15, 0.2) is 5.75 Å². The quantitative estimate of drug-likeness (QED) is 0.858. The lowest BCUT2D eigenvalue weighted by Gasteiger charge is -2.09. The van der Waals surface area contributed by atoms with Crippen molar-refractivity contribution >= 4 is 21.6 Å². The molecule has 4 heteroatoms. The third kappa shape index (κ3) is 2.58. The molecule has 0 aliphatic carbocycles. The number of nitriles is 1. The fraction of sp³-hybridized carbons (Fsp3) is 0.